The van der Waals surface area contributed by atoms with Crippen LogP contribution in [0.2, 0.25) is 0 Å². The van der Waals surface area contributed by atoms with E-state index in [4.69, 9.17) is 8.83 Å². The van der Waals surface area contributed by atoms with Gasteiger partial charge < -0.3 is 18.5 Å². The molecule has 7 nitrogen and oxygen atoms in total. The standard InChI is InChI=1S/C26H20N4O3S/c31-17(15-30-20-9-3-1-7-18(20)19-8-2-4-10-21(19)30)16-34-26-27-24(22-11-5-13-32-22)25(28-29-26)23-12-6-14-33-23/h1-14,17,31H,15-16H2. The van der Waals surface area contributed by atoms with Crippen LogP contribution in [0, 0.1) is 0 Å². The predicted molar refractivity (Wildman–Crippen MR) is 131 cm³/mol. The number of rotatable bonds is 7. The van der Waals surface area contributed by atoms with Gasteiger partial charge in [0.1, 0.15) is 5.69 Å². The minimum absolute atomic E-state index is 0.417. The molecule has 1 unspecified atom stereocenters. The normalized spacial score (nSPS) is 12.5. The van der Waals surface area contributed by atoms with Gasteiger partial charge in [-0.15, -0.1) is 10.2 Å². The molecule has 8 heteroatoms. The highest BCUT2D eigenvalue weighted by Crippen LogP contribution is 2.31. The van der Waals surface area contributed by atoms with Crippen molar-refractivity contribution in [2.75, 3.05) is 5.75 Å². The predicted octanol–water partition coefficient (Wildman–Crippen LogP) is 5.65. The molecule has 2 aromatic carbocycles. The van der Waals surface area contributed by atoms with Gasteiger partial charge in [0.15, 0.2) is 17.2 Å². The fraction of sp³-hybridized carbons (Fsp3) is 0.115. The van der Waals surface area contributed by atoms with Gasteiger partial charge in [-0.3, -0.25) is 0 Å². The fourth-order valence-corrected chi connectivity index (χ4v) is 4.87. The van der Waals surface area contributed by atoms with Crippen LogP contribution in [0.25, 0.3) is 44.7 Å². The van der Waals surface area contributed by atoms with Crippen molar-refractivity contribution in [2.24, 2.45) is 0 Å². The Kier molecular flexibility index (Phi) is 5.37. The summed E-state index contributed by atoms with van der Waals surface area (Å²) in [6, 6.07) is 23.7. The van der Waals surface area contributed by atoms with Crippen LogP contribution in [0.15, 0.2) is 99.3 Å². The summed E-state index contributed by atoms with van der Waals surface area (Å²) in [5.74, 6) is 1.56. The largest absolute Gasteiger partial charge is 0.463 e. The number of aliphatic hydroxyl groups excluding tert-OH is 1. The number of para-hydroxylation sites is 2. The maximum absolute atomic E-state index is 10.9. The first kappa shape index (κ1) is 20.7. The number of nitrogens with zero attached hydrogens (tertiary/aromatic N) is 4. The molecule has 6 rings (SSSR count). The number of hydrogen-bond acceptors (Lipinski definition) is 7. The van der Waals surface area contributed by atoms with E-state index in [1.165, 1.54) is 22.5 Å². The third kappa shape index (κ3) is 3.76. The Hall–Kier alpha value is -3.88. The van der Waals surface area contributed by atoms with Crippen LogP contribution < -0.4 is 0 Å². The lowest BCUT2D eigenvalue weighted by Crippen LogP contribution is -2.18. The minimum Gasteiger partial charge on any atom is -0.463 e. The molecule has 0 spiro atoms. The lowest BCUT2D eigenvalue weighted by atomic mass is 10.2. The van der Waals surface area contributed by atoms with E-state index in [0.717, 1.165) is 11.0 Å². The van der Waals surface area contributed by atoms with Gasteiger partial charge in [-0.2, -0.15) is 0 Å². The van der Waals surface area contributed by atoms with Crippen molar-refractivity contribution in [1.29, 1.82) is 0 Å². The van der Waals surface area contributed by atoms with Gasteiger partial charge in [-0.05, 0) is 36.4 Å². The second-order valence-electron chi connectivity index (χ2n) is 7.86. The second kappa shape index (κ2) is 8.81. The van der Waals surface area contributed by atoms with Crippen LogP contribution in [-0.2, 0) is 6.54 Å². The van der Waals surface area contributed by atoms with E-state index >= 15 is 0 Å². The maximum atomic E-state index is 10.9. The van der Waals surface area contributed by atoms with Gasteiger partial charge in [0.05, 0.1) is 25.2 Å². The molecule has 4 heterocycles. The number of aliphatic hydroxyl groups is 1. The minimum atomic E-state index is -0.607. The van der Waals surface area contributed by atoms with Crippen molar-refractivity contribution in [3.05, 3.63) is 85.3 Å². The molecule has 1 N–H and O–H groups in total. The van der Waals surface area contributed by atoms with Crippen molar-refractivity contribution >= 4 is 33.6 Å². The zero-order chi connectivity index (χ0) is 22.9. The van der Waals surface area contributed by atoms with Crippen molar-refractivity contribution in [3.63, 3.8) is 0 Å². The number of furan rings is 2. The lowest BCUT2D eigenvalue weighted by molar-refractivity contribution is 0.181. The Morgan fingerprint density at radius 3 is 2.00 bits per heavy atom. The van der Waals surface area contributed by atoms with E-state index < -0.39 is 6.10 Å². The molecule has 0 aliphatic heterocycles. The third-order valence-electron chi connectivity index (χ3n) is 5.65. The van der Waals surface area contributed by atoms with Gasteiger partial charge in [0.2, 0.25) is 5.16 Å². The second-order valence-corrected chi connectivity index (χ2v) is 8.84. The Morgan fingerprint density at radius 2 is 1.38 bits per heavy atom. The Bertz CT molecular complexity index is 1510. The molecule has 0 saturated heterocycles. The zero-order valence-corrected chi connectivity index (χ0v) is 18.9. The molecule has 34 heavy (non-hydrogen) atoms. The quantitative estimate of drug-likeness (QED) is 0.303. The summed E-state index contributed by atoms with van der Waals surface area (Å²) in [4.78, 5) is 4.66. The van der Waals surface area contributed by atoms with Crippen LogP contribution in [0.3, 0.4) is 0 Å². The smallest absolute Gasteiger partial charge is 0.209 e. The van der Waals surface area contributed by atoms with Crippen LogP contribution in [0.4, 0.5) is 0 Å². The molecule has 0 saturated carbocycles. The molecule has 168 valence electrons. The molecule has 6 aromatic rings. The zero-order valence-electron chi connectivity index (χ0n) is 18.0. The van der Waals surface area contributed by atoms with Gasteiger partial charge in [0, 0.05) is 27.6 Å². The molecule has 0 amide bonds. The summed E-state index contributed by atoms with van der Waals surface area (Å²) in [5, 5.41) is 22.3. The van der Waals surface area contributed by atoms with Crippen molar-refractivity contribution < 1.29 is 13.9 Å². The van der Waals surface area contributed by atoms with Crippen molar-refractivity contribution in [1.82, 2.24) is 19.7 Å². The van der Waals surface area contributed by atoms with Crippen LogP contribution in [-0.4, -0.2) is 36.7 Å². The van der Waals surface area contributed by atoms with Crippen molar-refractivity contribution in [3.8, 4) is 22.9 Å². The summed E-state index contributed by atoms with van der Waals surface area (Å²) in [6.07, 6.45) is 2.56. The molecule has 1 atom stereocenters. The summed E-state index contributed by atoms with van der Waals surface area (Å²) < 4.78 is 13.2. The molecular weight excluding hydrogens is 448 g/mol. The summed E-state index contributed by atoms with van der Waals surface area (Å²) in [6.45, 7) is 0.462. The monoisotopic (exact) mass is 468 g/mol. The number of hydrogen-bond donors (Lipinski definition) is 1. The maximum Gasteiger partial charge on any atom is 0.209 e. The highest BCUT2D eigenvalue weighted by atomic mass is 32.2. The van der Waals surface area contributed by atoms with E-state index in [0.29, 0.717) is 40.4 Å². The topological polar surface area (TPSA) is 90.1 Å². The molecule has 4 aromatic heterocycles. The van der Waals surface area contributed by atoms with Crippen molar-refractivity contribution in [2.45, 2.75) is 17.8 Å². The van der Waals surface area contributed by atoms with Gasteiger partial charge in [-0.25, -0.2) is 4.98 Å². The molecule has 0 aliphatic carbocycles. The molecule has 0 radical (unpaired) electrons. The Labute approximate surface area is 199 Å². The highest BCUT2D eigenvalue weighted by Gasteiger charge is 2.19. The van der Waals surface area contributed by atoms with E-state index in [2.05, 4.69) is 44.0 Å². The van der Waals surface area contributed by atoms with Gasteiger partial charge in [0.25, 0.3) is 0 Å². The number of benzene rings is 2. The van der Waals surface area contributed by atoms with Crippen LogP contribution >= 0.6 is 11.8 Å². The summed E-state index contributed by atoms with van der Waals surface area (Å²) in [7, 11) is 0. The van der Waals surface area contributed by atoms with Crippen LogP contribution in [0.1, 0.15) is 0 Å². The number of fused-ring (bicyclic) bond motifs is 3. The van der Waals surface area contributed by atoms with Crippen LogP contribution in [0.5, 0.6) is 0 Å². The first-order valence-corrected chi connectivity index (χ1v) is 11.9. The molecule has 0 fully saturated rings. The fourth-order valence-electron chi connectivity index (χ4n) is 4.17. The first-order valence-electron chi connectivity index (χ1n) is 10.9. The summed E-state index contributed by atoms with van der Waals surface area (Å²) >= 11 is 1.36. The van der Waals surface area contributed by atoms with E-state index in [9.17, 15) is 5.11 Å². The average molecular weight is 469 g/mol. The third-order valence-corrected chi connectivity index (χ3v) is 6.64. The summed E-state index contributed by atoms with van der Waals surface area (Å²) in [5.41, 5.74) is 3.27. The first-order chi connectivity index (χ1) is 16.8. The highest BCUT2D eigenvalue weighted by molar-refractivity contribution is 7.99. The SMILES string of the molecule is OC(CSc1nnc(-c2ccco2)c(-c2ccco2)n1)Cn1c2ccccc2c2ccccc21. The Morgan fingerprint density at radius 1 is 0.765 bits per heavy atom. The van der Waals surface area contributed by atoms with Gasteiger partial charge >= 0.3 is 0 Å². The van der Waals surface area contributed by atoms with E-state index in [1.807, 2.05) is 30.3 Å². The molecule has 0 bridgehead atoms. The number of aromatic nitrogens is 4. The average Bonchev–Trinajstić information content (AvgIpc) is 3.65. The van der Waals surface area contributed by atoms with E-state index in [-0.39, 0.29) is 0 Å². The van der Waals surface area contributed by atoms with Gasteiger partial charge in [-0.1, -0.05) is 48.2 Å². The lowest BCUT2D eigenvalue weighted by Gasteiger charge is -2.13. The van der Waals surface area contributed by atoms with E-state index in [1.54, 1.807) is 30.7 Å². The molecular formula is C26H20N4O3S. The number of thioether (sulfide) groups is 1. The molecule has 0 aliphatic rings. The Balaban J connectivity index is 1.25.